The Labute approximate surface area is 388 Å². The fraction of sp³-hybridized carbons (Fsp3) is 0.667. The van der Waals surface area contributed by atoms with Crippen molar-refractivity contribution in [3.8, 4) is 0 Å². The van der Waals surface area contributed by atoms with Crippen molar-refractivity contribution in [1.29, 1.82) is 0 Å². The summed E-state index contributed by atoms with van der Waals surface area (Å²) in [5, 5.41) is 0. The highest BCUT2D eigenvalue weighted by molar-refractivity contribution is 6.62. The molecule has 4 aliphatic rings. The first-order chi connectivity index (χ1) is 30.5. The van der Waals surface area contributed by atoms with Crippen LogP contribution >= 0.6 is 0 Å². The third-order valence-corrected chi connectivity index (χ3v) is 15.1. The van der Waals surface area contributed by atoms with Crippen LogP contribution in [-0.4, -0.2) is 71.3 Å². The van der Waals surface area contributed by atoms with Gasteiger partial charge in [0.15, 0.2) is 0 Å². The lowest BCUT2D eigenvalue weighted by atomic mass is 9.78. The predicted molar refractivity (Wildman–Crippen MR) is 265 cm³/mol. The monoisotopic (exact) mass is 877 g/mol. The molecule has 2 saturated heterocycles. The van der Waals surface area contributed by atoms with E-state index in [1.807, 2.05) is 58.3 Å². The molecular formula is C54H82B2N2O6. The molecule has 0 aromatic heterocycles. The van der Waals surface area contributed by atoms with Crippen LogP contribution in [0.3, 0.4) is 0 Å². The van der Waals surface area contributed by atoms with Crippen molar-refractivity contribution in [2.45, 2.75) is 220 Å². The molecule has 0 N–H and O–H groups in total. The number of hydrogen-bond acceptors (Lipinski definition) is 6. The number of fused-ring (bicyclic) bond motifs is 1. The normalized spacial score (nSPS) is 19.9. The topological polar surface area (TPSA) is 77.5 Å². The van der Waals surface area contributed by atoms with Crippen molar-refractivity contribution in [3.63, 3.8) is 0 Å². The van der Waals surface area contributed by atoms with Crippen molar-refractivity contribution in [2.75, 3.05) is 13.1 Å². The zero-order chi connectivity index (χ0) is 46.1. The summed E-state index contributed by atoms with van der Waals surface area (Å²) in [4.78, 5) is 34.0. The van der Waals surface area contributed by atoms with E-state index >= 15 is 9.59 Å². The van der Waals surface area contributed by atoms with Crippen molar-refractivity contribution in [3.05, 3.63) is 70.8 Å². The van der Waals surface area contributed by atoms with Gasteiger partial charge in [0.2, 0.25) is 0 Å². The van der Waals surface area contributed by atoms with Crippen LogP contribution in [0.4, 0.5) is 0 Å². The number of hydrogen-bond donors (Lipinski definition) is 0. The summed E-state index contributed by atoms with van der Waals surface area (Å²) < 4.78 is 25.6. The number of benzene rings is 2. The molecule has 350 valence electrons. The second-order valence-electron chi connectivity index (χ2n) is 21.1. The highest BCUT2D eigenvalue weighted by Gasteiger charge is 2.53. The van der Waals surface area contributed by atoms with Gasteiger partial charge in [0.1, 0.15) is 0 Å². The van der Waals surface area contributed by atoms with Gasteiger partial charge in [-0.1, -0.05) is 178 Å². The minimum absolute atomic E-state index is 0.0834. The molecular weight excluding hydrogens is 794 g/mol. The second-order valence-corrected chi connectivity index (χ2v) is 21.1. The largest absolute Gasteiger partial charge is 0.494 e. The molecule has 0 atom stereocenters. The molecule has 64 heavy (non-hydrogen) atoms. The van der Waals surface area contributed by atoms with E-state index in [0.717, 1.165) is 72.0 Å². The highest BCUT2D eigenvalue weighted by Crippen LogP contribution is 2.47. The number of carbonyl (C=O) groups is 2. The Kier molecular flexibility index (Phi) is 17.3. The molecule has 0 bridgehead atoms. The van der Waals surface area contributed by atoms with E-state index in [9.17, 15) is 0 Å². The minimum atomic E-state index is -0.503. The van der Waals surface area contributed by atoms with E-state index in [1.165, 1.54) is 89.9 Å². The van der Waals surface area contributed by atoms with Crippen LogP contribution in [0.2, 0.25) is 0 Å². The van der Waals surface area contributed by atoms with Crippen molar-refractivity contribution < 1.29 is 28.2 Å². The van der Waals surface area contributed by atoms with Gasteiger partial charge in [-0.15, -0.1) is 0 Å². The van der Waals surface area contributed by atoms with Crippen LogP contribution < -0.4 is 10.9 Å². The second kappa shape index (κ2) is 22.1. The molecule has 0 spiro atoms. The van der Waals surface area contributed by atoms with E-state index in [1.54, 1.807) is 0 Å². The standard InChI is InChI=1S/C54H82B2N2O6/c1-11-13-15-17-19-21-23-25-27-29-39-57-47(41-31-35-43(36-32-41)55-61-51(3,4)52(5,6)62-55)45-46(49(57)59)48(58(50(45)60)40-30-28-26-24-22-20-18-16-14-12-2)42-33-37-44(38-34-42)56-63-53(7,8)54(9,10)64-56/h31-38H,11-30,39-40H2,1-10H3. The van der Waals surface area contributed by atoms with Crippen LogP contribution in [0.5, 0.6) is 0 Å². The van der Waals surface area contributed by atoms with Gasteiger partial charge >= 0.3 is 14.2 Å². The van der Waals surface area contributed by atoms with E-state index in [2.05, 4.69) is 69.2 Å². The number of carbonyl (C=O) groups excluding carboxylic acids is 2. The van der Waals surface area contributed by atoms with E-state index in [4.69, 9.17) is 18.6 Å². The van der Waals surface area contributed by atoms with Gasteiger partial charge in [-0.2, -0.15) is 0 Å². The molecule has 4 heterocycles. The van der Waals surface area contributed by atoms with E-state index in [0.29, 0.717) is 24.2 Å². The molecule has 0 radical (unpaired) electrons. The third-order valence-electron chi connectivity index (χ3n) is 15.1. The molecule has 2 aromatic carbocycles. The van der Waals surface area contributed by atoms with Crippen molar-refractivity contribution in [2.24, 2.45) is 0 Å². The third kappa shape index (κ3) is 11.5. The number of nitrogens with zero attached hydrogens (tertiary/aromatic N) is 2. The first kappa shape index (κ1) is 50.2. The smallest absolute Gasteiger partial charge is 0.399 e. The predicted octanol–water partition coefficient (Wildman–Crippen LogP) is 11.9. The van der Waals surface area contributed by atoms with Crippen LogP contribution in [0.1, 0.15) is 209 Å². The lowest BCUT2D eigenvalue weighted by molar-refractivity contribution is -0.124. The lowest BCUT2D eigenvalue weighted by Gasteiger charge is -2.32. The van der Waals surface area contributed by atoms with Crippen molar-refractivity contribution >= 4 is 48.4 Å². The maximum absolute atomic E-state index is 15.1. The first-order valence-corrected chi connectivity index (χ1v) is 25.6. The molecule has 0 aliphatic carbocycles. The summed E-state index contributed by atoms with van der Waals surface area (Å²) in [6.45, 7) is 22.2. The number of unbranched alkanes of at least 4 members (excludes halogenated alkanes) is 18. The van der Waals surface area contributed by atoms with Gasteiger partial charge in [-0.05, 0) is 90.3 Å². The minimum Gasteiger partial charge on any atom is -0.399 e. The maximum atomic E-state index is 15.1. The summed E-state index contributed by atoms with van der Waals surface area (Å²) >= 11 is 0. The summed E-state index contributed by atoms with van der Waals surface area (Å²) in [5.74, 6) is -0.167. The molecule has 10 heteroatoms. The summed E-state index contributed by atoms with van der Waals surface area (Å²) in [6, 6.07) is 16.3. The van der Waals surface area contributed by atoms with Crippen LogP contribution in [0.25, 0.3) is 11.4 Å². The summed E-state index contributed by atoms with van der Waals surface area (Å²) in [6.07, 6.45) is 24.2. The average molecular weight is 877 g/mol. The van der Waals surface area contributed by atoms with Gasteiger partial charge in [-0.3, -0.25) is 9.59 Å². The lowest BCUT2D eigenvalue weighted by Crippen LogP contribution is -2.41. The maximum Gasteiger partial charge on any atom is 0.494 e. The first-order valence-electron chi connectivity index (χ1n) is 25.6. The molecule has 2 amide bonds. The Morgan fingerprint density at radius 2 is 0.641 bits per heavy atom. The molecule has 6 rings (SSSR count). The highest BCUT2D eigenvalue weighted by atomic mass is 16.7. The molecule has 8 nitrogen and oxygen atoms in total. The number of rotatable bonds is 26. The van der Waals surface area contributed by atoms with Gasteiger partial charge in [-0.25, -0.2) is 0 Å². The summed E-state index contributed by atoms with van der Waals surface area (Å²) in [7, 11) is -1.01. The fourth-order valence-corrected chi connectivity index (χ4v) is 9.49. The van der Waals surface area contributed by atoms with Gasteiger partial charge in [0.05, 0.1) is 44.9 Å². The average Bonchev–Trinajstić information content (AvgIpc) is 3.86. The SMILES string of the molecule is CCCCCCCCCCCCN1C(=O)C2=C(c3ccc(B4OC(C)(C)C(C)(C)O4)cc3)N(CCCCCCCCCCCC)C(=O)C2=C1c1ccc(B2OC(C)(C)C(C)(C)O2)cc1. The molecule has 0 saturated carbocycles. The molecule has 4 aliphatic heterocycles. The quantitative estimate of drug-likeness (QED) is 0.0692. The van der Waals surface area contributed by atoms with Gasteiger partial charge in [0.25, 0.3) is 11.8 Å². The Hall–Kier alpha value is -3.17. The Bertz CT molecular complexity index is 1760. The molecule has 0 unspecified atom stereocenters. The van der Waals surface area contributed by atoms with Crippen LogP contribution in [-0.2, 0) is 28.2 Å². The zero-order valence-electron chi connectivity index (χ0n) is 41.7. The van der Waals surface area contributed by atoms with Gasteiger partial charge in [0, 0.05) is 13.1 Å². The Balaban J connectivity index is 1.29. The number of amides is 2. The molecule has 2 aromatic rings. The Morgan fingerprint density at radius 3 is 0.906 bits per heavy atom. The van der Waals surface area contributed by atoms with Crippen molar-refractivity contribution in [1.82, 2.24) is 9.80 Å². The fourth-order valence-electron chi connectivity index (χ4n) is 9.49. The van der Waals surface area contributed by atoms with Crippen LogP contribution in [0.15, 0.2) is 59.7 Å². The zero-order valence-corrected chi connectivity index (χ0v) is 41.7. The molecule has 2 fully saturated rings. The van der Waals surface area contributed by atoms with Gasteiger partial charge < -0.3 is 28.4 Å². The van der Waals surface area contributed by atoms with E-state index in [-0.39, 0.29) is 11.8 Å². The van der Waals surface area contributed by atoms with Crippen LogP contribution in [0, 0.1) is 0 Å². The van der Waals surface area contributed by atoms with E-state index < -0.39 is 36.6 Å². The Morgan fingerprint density at radius 1 is 0.391 bits per heavy atom. The summed E-state index contributed by atoms with van der Waals surface area (Å²) in [5.41, 5.74) is 4.19.